The first-order valence-electron chi connectivity index (χ1n) is 5.31. The second-order valence-electron chi connectivity index (χ2n) is 4.09. The third-order valence-corrected chi connectivity index (χ3v) is 4.33. The van der Waals surface area contributed by atoms with E-state index in [1.54, 1.807) is 0 Å². The number of ether oxygens (including phenoxy) is 1. The van der Waals surface area contributed by atoms with Crippen molar-refractivity contribution >= 4 is 17.5 Å². The van der Waals surface area contributed by atoms with Crippen molar-refractivity contribution in [1.82, 2.24) is 0 Å². The molecule has 0 bridgehead atoms. The molecule has 0 aliphatic carbocycles. The molecule has 120 valence electrons. The lowest BCUT2D eigenvalue weighted by atomic mass is 10.2. The van der Waals surface area contributed by atoms with Gasteiger partial charge in [-0.3, -0.25) is 8.75 Å². The summed E-state index contributed by atoms with van der Waals surface area (Å²) >= 11 is 0. The van der Waals surface area contributed by atoms with Gasteiger partial charge in [-0.1, -0.05) is 6.07 Å². The Morgan fingerprint density at radius 3 is 2.33 bits per heavy atom. The van der Waals surface area contributed by atoms with Gasteiger partial charge in [-0.05, 0) is 12.1 Å². The third kappa shape index (κ3) is 4.70. The molecule has 0 amide bonds. The predicted molar refractivity (Wildman–Crippen MR) is 66.9 cm³/mol. The van der Waals surface area contributed by atoms with E-state index in [0.717, 1.165) is 25.9 Å². The largest absolute Gasteiger partial charge is 0.495 e. The van der Waals surface area contributed by atoms with E-state index in [4.69, 9.17) is 4.89 Å². The van der Waals surface area contributed by atoms with E-state index in [1.807, 2.05) is 0 Å². The van der Waals surface area contributed by atoms with Crippen molar-refractivity contribution < 1.29 is 40.0 Å². The van der Waals surface area contributed by atoms with Crippen LogP contribution < -0.4 is 4.74 Å². The molecule has 21 heavy (non-hydrogen) atoms. The number of hydrogen-bond acceptors (Lipinski definition) is 5. The molecule has 1 unspecified atom stereocenters. The fraction of sp³-hybridized carbons (Fsp3) is 0.400. The zero-order chi connectivity index (χ0) is 16.5. The molecule has 1 aromatic carbocycles. The lowest BCUT2D eigenvalue weighted by molar-refractivity contribution is -0.140. The Morgan fingerprint density at radius 2 is 1.90 bits per heavy atom. The molecule has 11 heteroatoms. The van der Waals surface area contributed by atoms with Gasteiger partial charge in [0.15, 0.2) is 0 Å². The van der Waals surface area contributed by atoms with E-state index < -0.39 is 46.2 Å². The molecule has 1 aromatic rings. The number of hydrogen-bond donors (Lipinski definition) is 1. The Hall–Kier alpha value is -1.09. The molecule has 1 atom stereocenters. The molecule has 0 fully saturated rings. The summed E-state index contributed by atoms with van der Waals surface area (Å²) in [5.41, 5.74) is -1.48. The maximum absolute atomic E-state index is 12.9. The monoisotopic (exact) mass is 348 g/mol. The minimum atomic E-state index is -4.96. The highest BCUT2D eigenvalue weighted by Gasteiger charge is 2.40. The molecule has 0 aromatic heterocycles. The van der Waals surface area contributed by atoms with Gasteiger partial charge in [0.2, 0.25) is 7.37 Å². The Kier molecular flexibility index (Phi) is 5.09. The fourth-order valence-corrected chi connectivity index (χ4v) is 3.69. The van der Waals surface area contributed by atoms with Crippen LogP contribution in [0.15, 0.2) is 23.1 Å². The first-order chi connectivity index (χ1) is 9.38. The SMILES string of the molecule is COc1cccc(C(F)(F)F)c1S(=O)(=O)OCP(C)(=O)O. The topological polar surface area (TPSA) is 89.9 Å². The molecule has 0 saturated heterocycles. The normalized spacial score (nSPS) is 15.5. The summed E-state index contributed by atoms with van der Waals surface area (Å²) in [5, 5.41) is 0. The van der Waals surface area contributed by atoms with Gasteiger partial charge in [-0.2, -0.15) is 21.6 Å². The highest BCUT2D eigenvalue weighted by molar-refractivity contribution is 7.87. The number of halogens is 3. The van der Waals surface area contributed by atoms with Crippen LogP contribution in [0.3, 0.4) is 0 Å². The van der Waals surface area contributed by atoms with Gasteiger partial charge in [0.05, 0.1) is 12.7 Å². The van der Waals surface area contributed by atoms with E-state index in [1.165, 1.54) is 0 Å². The summed E-state index contributed by atoms with van der Waals surface area (Å²) in [6.07, 6.45) is -6.10. The van der Waals surface area contributed by atoms with Crippen LogP contribution in [0.25, 0.3) is 0 Å². The Bertz CT molecular complexity index is 664. The second kappa shape index (κ2) is 5.96. The molecular formula is C10H12F3O6PS. The third-order valence-electron chi connectivity index (χ3n) is 2.20. The second-order valence-corrected chi connectivity index (χ2v) is 8.00. The smallest absolute Gasteiger partial charge is 0.417 e. The van der Waals surface area contributed by atoms with Crippen LogP contribution in [0.1, 0.15) is 5.56 Å². The van der Waals surface area contributed by atoms with Crippen LogP contribution in [-0.4, -0.2) is 33.4 Å². The summed E-state index contributed by atoms with van der Waals surface area (Å²) < 4.78 is 82.3. The highest BCUT2D eigenvalue weighted by atomic mass is 32.2. The molecule has 0 radical (unpaired) electrons. The number of benzene rings is 1. The molecule has 0 aliphatic rings. The van der Waals surface area contributed by atoms with Crippen molar-refractivity contribution in [1.29, 1.82) is 0 Å². The summed E-state index contributed by atoms with van der Waals surface area (Å²) in [7, 11) is -7.82. The fourth-order valence-electron chi connectivity index (χ4n) is 1.38. The van der Waals surface area contributed by atoms with E-state index in [9.17, 15) is 26.2 Å². The highest BCUT2D eigenvalue weighted by Crippen LogP contribution is 2.41. The van der Waals surface area contributed by atoms with Crippen molar-refractivity contribution in [2.75, 3.05) is 20.1 Å². The molecule has 0 saturated carbocycles. The van der Waals surface area contributed by atoms with Crippen molar-refractivity contribution in [3.63, 3.8) is 0 Å². The molecule has 1 rings (SSSR count). The van der Waals surface area contributed by atoms with Crippen LogP contribution in [0.5, 0.6) is 5.75 Å². The van der Waals surface area contributed by atoms with Gasteiger partial charge >= 0.3 is 16.3 Å². The summed E-state index contributed by atoms with van der Waals surface area (Å²) in [6.45, 7) is 0.815. The van der Waals surface area contributed by atoms with Gasteiger partial charge in [0.1, 0.15) is 17.0 Å². The molecule has 0 aliphatic heterocycles. The Balaban J connectivity index is 3.43. The lowest BCUT2D eigenvalue weighted by Gasteiger charge is -2.16. The first kappa shape index (κ1) is 18.0. The number of rotatable bonds is 5. The van der Waals surface area contributed by atoms with Crippen molar-refractivity contribution in [3.8, 4) is 5.75 Å². The maximum atomic E-state index is 12.9. The molecule has 0 spiro atoms. The minimum Gasteiger partial charge on any atom is -0.495 e. The van der Waals surface area contributed by atoms with Gasteiger partial charge in [-0.15, -0.1) is 0 Å². The van der Waals surface area contributed by atoms with Gasteiger partial charge in [0.25, 0.3) is 0 Å². The minimum absolute atomic E-state index is 0.545. The zero-order valence-corrected chi connectivity index (χ0v) is 12.6. The number of methoxy groups -OCH3 is 1. The average molecular weight is 348 g/mol. The van der Waals surface area contributed by atoms with Crippen molar-refractivity contribution in [2.45, 2.75) is 11.1 Å². The first-order valence-corrected chi connectivity index (χ1v) is 9.01. The van der Waals surface area contributed by atoms with E-state index in [2.05, 4.69) is 8.92 Å². The Morgan fingerprint density at radius 1 is 1.33 bits per heavy atom. The molecular weight excluding hydrogens is 336 g/mol. The quantitative estimate of drug-likeness (QED) is 0.649. The molecule has 6 nitrogen and oxygen atoms in total. The maximum Gasteiger partial charge on any atom is 0.417 e. The van der Waals surface area contributed by atoms with E-state index >= 15 is 0 Å². The van der Waals surface area contributed by atoms with Gasteiger partial charge in [0, 0.05) is 6.66 Å². The average Bonchev–Trinajstić information content (AvgIpc) is 2.33. The van der Waals surface area contributed by atoms with Crippen LogP contribution in [-0.2, 0) is 25.0 Å². The van der Waals surface area contributed by atoms with E-state index in [-0.39, 0.29) is 0 Å². The Labute approximate surface area is 119 Å². The molecule has 0 heterocycles. The van der Waals surface area contributed by atoms with Crippen LogP contribution in [0.2, 0.25) is 0 Å². The zero-order valence-electron chi connectivity index (χ0n) is 10.9. The van der Waals surface area contributed by atoms with Gasteiger partial charge in [-0.25, -0.2) is 0 Å². The van der Waals surface area contributed by atoms with Crippen LogP contribution in [0, 0.1) is 0 Å². The predicted octanol–water partition coefficient (Wildman–Crippen LogP) is 2.28. The summed E-state index contributed by atoms with van der Waals surface area (Å²) in [4.78, 5) is 7.77. The standard InChI is InChI=1S/C10H12F3O6PS/c1-18-8-5-3-4-7(10(11,12)13)9(8)21(16,17)19-6-20(2,14)15/h3-5H,6H2,1-2H3,(H,14,15). The summed E-state index contributed by atoms with van der Waals surface area (Å²) in [5.74, 6) is -0.575. The van der Waals surface area contributed by atoms with Crippen LogP contribution >= 0.6 is 7.37 Å². The lowest BCUT2D eigenvalue weighted by Crippen LogP contribution is -2.17. The van der Waals surface area contributed by atoms with Crippen molar-refractivity contribution in [3.05, 3.63) is 23.8 Å². The van der Waals surface area contributed by atoms with Crippen molar-refractivity contribution in [2.24, 2.45) is 0 Å². The van der Waals surface area contributed by atoms with E-state index in [0.29, 0.717) is 6.07 Å². The molecule has 1 N–H and O–H groups in total. The summed E-state index contributed by atoms with van der Waals surface area (Å²) in [6, 6.07) is 2.52. The van der Waals surface area contributed by atoms with Crippen LogP contribution in [0.4, 0.5) is 13.2 Å². The van der Waals surface area contributed by atoms with Gasteiger partial charge < -0.3 is 9.63 Å². The number of alkyl halides is 3.